The van der Waals surface area contributed by atoms with Crippen molar-refractivity contribution in [1.82, 2.24) is 19.0 Å². The Morgan fingerprint density at radius 1 is 1.11 bits per heavy atom. The number of benzene rings is 1. The first-order valence-electron chi connectivity index (χ1n) is 12.0. The minimum atomic E-state index is -0.710. The van der Waals surface area contributed by atoms with Crippen molar-refractivity contribution in [3.05, 3.63) is 70.9 Å². The molecule has 196 valence electrons. The molecule has 0 radical (unpaired) electrons. The van der Waals surface area contributed by atoms with E-state index in [1.54, 1.807) is 71.4 Å². The van der Waals surface area contributed by atoms with Gasteiger partial charge in [-0.2, -0.15) is 0 Å². The number of unbranched alkanes of at least 4 members (excludes halogenated alkanes) is 1. The van der Waals surface area contributed by atoms with Crippen molar-refractivity contribution in [3.8, 4) is 0 Å². The predicted octanol–water partition coefficient (Wildman–Crippen LogP) is 3.78. The molecule has 0 aliphatic rings. The number of amides is 2. The second kappa shape index (κ2) is 11.7. The number of nitrogens with one attached hydrogen (secondary N) is 1. The highest BCUT2D eigenvalue weighted by molar-refractivity contribution is 5.90. The molecule has 37 heavy (non-hydrogen) atoms. The van der Waals surface area contributed by atoms with Crippen LogP contribution in [0.15, 0.2) is 59.5 Å². The SMILES string of the molecule is CN(C)C(=O)/C=C/CCCC(=O)Nc1cccn(Cc2nc3ccccc3n2C(=O)OC(C)(C)C)c1=O. The smallest absolute Gasteiger partial charge is 0.420 e. The van der Waals surface area contributed by atoms with Crippen molar-refractivity contribution in [2.24, 2.45) is 0 Å². The number of hydrogen-bond donors (Lipinski definition) is 1. The van der Waals surface area contributed by atoms with Crippen LogP contribution in [-0.2, 0) is 20.9 Å². The van der Waals surface area contributed by atoms with Crippen LogP contribution in [0.3, 0.4) is 0 Å². The van der Waals surface area contributed by atoms with Crippen LogP contribution in [0, 0.1) is 0 Å². The quantitative estimate of drug-likeness (QED) is 0.366. The van der Waals surface area contributed by atoms with Gasteiger partial charge in [-0.05, 0) is 64.0 Å². The number of likely N-dealkylation sites (N-methyl/N-ethyl adjacent to an activating group) is 1. The first kappa shape index (κ1) is 27.4. The largest absolute Gasteiger partial charge is 0.443 e. The summed E-state index contributed by atoms with van der Waals surface area (Å²) in [5.74, 6) is -0.0854. The monoisotopic (exact) mass is 507 g/mol. The third kappa shape index (κ3) is 7.39. The highest BCUT2D eigenvalue weighted by atomic mass is 16.6. The molecule has 0 saturated carbocycles. The fourth-order valence-electron chi connectivity index (χ4n) is 3.53. The molecular weight excluding hydrogens is 474 g/mol. The van der Waals surface area contributed by atoms with Gasteiger partial charge in [0.2, 0.25) is 11.8 Å². The lowest BCUT2D eigenvalue weighted by Crippen LogP contribution is -2.30. The molecule has 2 heterocycles. The van der Waals surface area contributed by atoms with Gasteiger partial charge in [-0.3, -0.25) is 14.4 Å². The zero-order valence-corrected chi connectivity index (χ0v) is 21.9. The highest BCUT2D eigenvalue weighted by Crippen LogP contribution is 2.19. The minimum Gasteiger partial charge on any atom is -0.443 e. The molecule has 10 nitrogen and oxygen atoms in total. The molecule has 1 N–H and O–H groups in total. The van der Waals surface area contributed by atoms with E-state index in [2.05, 4.69) is 10.3 Å². The van der Waals surface area contributed by atoms with Crippen LogP contribution in [0.1, 0.15) is 45.9 Å². The Kier molecular flexibility index (Phi) is 8.65. The number of fused-ring (bicyclic) bond motifs is 1. The number of imidazole rings is 1. The Bertz CT molecular complexity index is 1380. The molecule has 3 rings (SSSR count). The molecule has 1 aromatic carbocycles. The van der Waals surface area contributed by atoms with Crippen LogP contribution < -0.4 is 10.9 Å². The zero-order chi connectivity index (χ0) is 27.2. The molecule has 0 spiro atoms. The normalized spacial score (nSPS) is 11.6. The summed E-state index contributed by atoms with van der Waals surface area (Å²) in [6, 6.07) is 10.3. The lowest BCUT2D eigenvalue weighted by molar-refractivity contribution is -0.123. The summed E-state index contributed by atoms with van der Waals surface area (Å²) in [6.07, 6.45) is 5.47. The van der Waals surface area contributed by atoms with Crippen LogP contribution in [0.5, 0.6) is 0 Å². The number of para-hydroxylation sites is 2. The molecule has 0 aliphatic heterocycles. The number of hydrogen-bond acceptors (Lipinski definition) is 6. The number of allylic oxidation sites excluding steroid dienone is 1. The number of carbonyl (C=O) groups is 3. The van der Waals surface area contributed by atoms with Gasteiger partial charge in [0.05, 0.1) is 17.6 Å². The Labute approximate surface area is 215 Å². The fourth-order valence-corrected chi connectivity index (χ4v) is 3.53. The number of rotatable bonds is 8. The summed E-state index contributed by atoms with van der Waals surface area (Å²) in [5.41, 5.74) is 0.173. The number of pyridine rings is 1. The molecule has 0 fully saturated rings. The number of ether oxygens (including phenoxy) is 1. The molecular formula is C27H33N5O5. The van der Waals surface area contributed by atoms with Gasteiger partial charge in [-0.25, -0.2) is 14.3 Å². The Morgan fingerprint density at radius 3 is 2.54 bits per heavy atom. The predicted molar refractivity (Wildman–Crippen MR) is 141 cm³/mol. The van der Waals surface area contributed by atoms with E-state index in [9.17, 15) is 19.2 Å². The van der Waals surface area contributed by atoms with Gasteiger partial charge < -0.3 is 19.5 Å². The van der Waals surface area contributed by atoms with Gasteiger partial charge in [-0.1, -0.05) is 18.2 Å². The van der Waals surface area contributed by atoms with Gasteiger partial charge in [0.15, 0.2) is 0 Å². The Morgan fingerprint density at radius 2 is 1.84 bits per heavy atom. The number of aromatic nitrogens is 3. The maximum absolute atomic E-state index is 13.1. The van der Waals surface area contributed by atoms with Gasteiger partial charge in [0, 0.05) is 26.7 Å². The van der Waals surface area contributed by atoms with Crippen molar-refractivity contribution < 1.29 is 19.1 Å². The lowest BCUT2D eigenvalue weighted by Gasteiger charge is -2.20. The van der Waals surface area contributed by atoms with Crippen LogP contribution in [0.2, 0.25) is 0 Å². The maximum Gasteiger partial charge on any atom is 0.420 e. The minimum absolute atomic E-state index is 0.00116. The Balaban J connectivity index is 1.75. The van der Waals surface area contributed by atoms with E-state index in [1.807, 2.05) is 6.07 Å². The average molecular weight is 508 g/mol. The molecule has 0 aliphatic carbocycles. The third-order valence-electron chi connectivity index (χ3n) is 5.29. The van der Waals surface area contributed by atoms with Crippen LogP contribution in [0.25, 0.3) is 11.0 Å². The van der Waals surface area contributed by atoms with E-state index in [-0.39, 0.29) is 30.5 Å². The summed E-state index contributed by atoms with van der Waals surface area (Å²) < 4.78 is 8.32. The van der Waals surface area contributed by atoms with Crippen molar-refractivity contribution in [2.45, 2.75) is 52.2 Å². The van der Waals surface area contributed by atoms with Gasteiger partial charge >= 0.3 is 6.09 Å². The third-order valence-corrected chi connectivity index (χ3v) is 5.29. The topological polar surface area (TPSA) is 116 Å². The fraction of sp³-hybridized carbons (Fsp3) is 0.370. The lowest BCUT2D eigenvalue weighted by atomic mass is 10.2. The number of nitrogens with zero attached hydrogens (tertiary/aromatic N) is 4. The first-order valence-corrected chi connectivity index (χ1v) is 12.0. The first-order chi connectivity index (χ1) is 17.5. The molecule has 2 amide bonds. The van der Waals surface area contributed by atoms with E-state index >= 15 is 0 Å². The molecule has 0 atom stereocenters. The van der Waals surface area contributed by atoms with Crippen molar-refractivity contribution >= 4 is 34.6 Å². The molecule has 3 aromatic rings. The van der Waals surface area contributed by atoms with Crippen LogP contribution in [0.4, 0.5) is 10.5 Å². The number of carbonyl (C=O) groups excluding carboxylic acids is 3. The summed E-state index contributed by atoms with van der Waals surface area (Å²) in [5, 5.41) is 2.66. The van der Waals surface area contributed by atoms with E-state index < -0.39 is 17.3 Å². The van der Waals surface area contributed by atoms with Gasteiger partial charge in [0.1, 0.15) is 17.1 Å². The summed E-state index contributed by atoms with van der Waals surface area (Å²) >= 11 is 0. The summed E-state index contributed by atoms with van der Waals surface area (Å²) in [7, 11) is 3.33. The summed E-state index contributed by atoms with van der Waals surface area (Å²) in [4.78, 5) is 56.0. The second-order valence-electron chi connectivity index (χ2n) is 9.76. The van der Waals surface area contributed by atoms with Crippen molar-refractivity contribution in [1.29, 1.82) is 0 Å². The number of anilines is 1. The van der Waals surface area contributed by atoms with Crippen LogP contribution in [-0.4, -0.2) is 56.6 Å². The van der Waals surface area contributed by atoms with E-state index in [0.717, 1.165) is 0 Å². The second-order valence-corrected chi connectivity index (χ2v) is 9.76. The molecule has 10 heteroatoms. The van der Waals surface area contributed by atoms with E-state index in [4.69, 9.17) is 4.74 Å². The van der Waals surface area contributed by atoms with Crippen molar-refractivity contribution in [3.63, 3.8) is 0 Å². The van der Waals surface area contributed by atoms with Gasteiger partial charge in [-0.15, -0.1) is 0 Å². The summed E-state index contributed by atoms with van der Waals surface area (Å²) in [6.45, 7) is 5.33. The highest BCUT2D eigenvalue weighted by Gasteiger charge is 2.23. The average Bonchev–Trinajstić information content (AvgIpc) is 3.18. The van der Waals surface area contributed by atoms with E-state index in [1.165, 1.54) is 26.2 Å². The maximum atomic E-state index is 13.1. The molecule has 0 saturated heterocycles. The zero-order valence-electron chi connectivity index (χ0n) is 21.9. The van der Waals surface area contributed by atoms with E-state index in [0.29, 0.717) is 29.7 Å². The standard InChI is InChI=1S/C27H33N5O5/c1-27(2,3)37-26(36)32-21-14-10-9-12-19(21)28-22(32)18-31-17-11-13-20(25(31)35)29-23(33)15-7-6-8-16-24(34)30(4)5/h8-14,16-17H,6-7,15,18H2,1-5H3,(H,29,33)/b16-8+. The van der Waals surface area contributed by atoms with Crippen LogP contribution >= 0.6 is 0 Å². The Hall–Kier alpha value is -4.21. The molecule has 0 unspecified atom stereocenters. The van der Waals surface area contributed by atoms with Gasteiger partial charge in [0.25, 0.3) is 5.56 Å². The molecule has 0 bridgehead atoms. The van der Waals surface area contributed by atoms with Crippen molar-refractivity contribution in [2.75, 3.05) is 19.4 Å². The molecule has 2 aromatic heterocycles.